The number of carbonyl (C=O) groups is 3. The molecular formula is C28H25N3O4. The second kappa shape index (κ2) is 9.10. The molecular weight excluding hydrogens is 442 g/mol. The second-order valence-electron chi connectivity index (χ2n) is 8.61. The molecule has 5 rings (SSSR count). The van der Waals surface area contributed by atoms with Gasteiger partial charge in [-0.05, 0) is 54.0 Å². The monoisotopic (exact) mass is 467 g/mol. The van der Waals surface area contributed by atoms with Crippen LogP contribution in [0.4, 0.5) is 11.4 Å². The molecule has 1 aliphatic heterocycles. The van der Waals surface area contributed by atoms with Crippen molar-refractivity contribution in [2.24, 2.45) is 0 Å². The van der Waals surface area contributed by atoms with E-state index in [-0.39, 0.29) is 35.6 Å². The van der Waals surface area contributed by atoms with E-state index < -0.39 is 5.91 Å². The molecule has 7 heteroatoms. The summed E-state index contributed by atoms with van der Waals surface area (Å²) in [6.45, 7) is 1.92. The Morgan fingerprint density at radius 2 is 1.83 bits per heavy atom. The summed E-state index contributed by atoms with van der Waals surface area (Å²) >= 11 is 0. The number of nitrogens with zero attached hydrogens (tertiary/aromatic N) is 1. The SMILES string of the molecule is CCc1cccc(O)c1C(=O)Nc1ccc(N2C(=O)CC(=O)NC3=c4ccccc4=CCC32)cc1. The lowest BCUT2D eigenvalue weighted by Gasteiger charge is -2.32. The van der Waals surface area contributed by atoms with Gasteiger partial charge in [-0.15, -0.1) is 0 Å². The molecule has 3 N–H and O–H groups in total. The normalized spacial score (nSPS) is 17.0. The molecule has 0 bridgehead atoms. The third-order valence-electron chi connectivity index (χ3n) is 6.45. The molecule has 1 fully saturated rings. The molecule has 7 nitrogen and oxygen atoms in total. The number of benzene rings is 3. The maximum absolute atomic E-state index is 13.1. The molecule has 3 amide bonds. The van der Waals surface area contributed by atoms with Gasteiger partial charge in [0, 0.05) is 22.3 Å². The summed E-state index contributed by atoms with van der Waals surface area (Å²) in [6, 6.07) is 19.4. The molecule has 0 aromatic heterocycles. The minimum atomic E-state index is -0.401. The molecule has 2 aliphatic rings. The molecule has 0 radical (unpaired) electrons. The van der Waals surface area contributed by atoms with Gasteiger partial charge in [0.2, 0.25) is 11.8 Å². The number of phenols is 1. The Bertz CT molecular complexity index is 1460. The van der Waals surface area contributed by atoms with Gasteiger partial charge >= 0.3 is 0 Å². The van der Waals surface area contributed by atoms with Crippen LogP contribution in [-0.2, 0) is 16.0 Å². The fourth-order valence-corrected chi connectivity index (χ4v) is 4.80. The van der Waals surface area contributed by atoms with Crippen molar-refractivity contribution >= 4 is 40.9 Å². The molecule has 3 aromatic rings. The zero-order valence-electron chi connectivity index (χ0n) is 19.2. The number of phenolic OH excluding ortho intramolecular Hbond substituents is 1. The van der Waals surface area contributed by atoms with Crippen molar-refractivity contribution in [3.8, 4) is 5.75 Å². The van der Waals surface area contributed by atoms with E-state index in [1.165, 1.54) is 6.07 Å². The molecule has 176 valence electrons. The van der Waals surface area contributed by atoms with Gasteiger partial charge in [-0.3, -0.25) is 14.4 Å². The Labute approximate surface area is 202 Å². The van der Waals surface area contributed by atoms with Crippen molar-refractivity contribution in [1.29, 1.82) is 0 Å². The highest BCUT2D eigenvalue weighted by Gasteiger charge is 2.34. The number of anilines is 2. The third-order valence-corrected chi connectivity index (χ3v) is 6.45. The van der Waals surface area contributed by atoms with E-state index in [9.17, 15) is 19.5 Å². The fraction of sp³-hybridized carbons (Fsp3) is 0.179. The van der Waals surface area contributed by atoms with Gasteiger partial charge < -0.3 is 20.6 Å². The molecule has 1 atom stereocenters. The largest absolute Gasteiger partial charge is 0.507 e. The lowest BCUT2D eigenvalue weighted by atomic mass is 9.98. The maximum atomic E-state index is 13.1. The summed E-state index contributed by atoms with van der Waals surface area (Å²) in [4.78, 5) is 40.1. The first-order chi connectivity index (χ1) is 17.0. The Hall–Kier alpha value is -4.39. The van der Waals surface area contributed by atoms with Gasteiger partial charge in [0.05, 0.1) is 11.6 Å². The van der Waals surface area contributed by atoms with Crippen molar-refractivity contribution in [2.45, 2.75) is 32.2 Å². The molecule has 1 saturated heterocycles. The number of carbonyl (C=O) groups excluding carboxylic acids is 3. The van der Waals surface area contributed by atoms with Crippen molar-refractivity contribution < 1.29 is 19.5 Å². The zero-order valence-corrected chi connectivity index (χ0v) is 19.2. The average Bonchev–Trinajstić information content (AvgIpc) is 2.98. The first-order valence-corrected chi connectivity index (χ1v) is 11.6. The number of hydrogen-bond donors (Lipinski definition) is 3. The van der Waals surface area contributed by atoms with Gasteiger partial charge in [0.1, 0.15) is 12.2 Å². The number of rotatable bonds is 4. The number of aryl methyl sites for hydroxylation is 1. The predicted molar refractivity (Wildman–Crippen MR) is 134 cm³/mol. The minimum Gasteiger partial charge on any atom is -0.507 e. The highest BCUT2D eigenvalue weighted by Crippen LogP contribution is 2.29. The average molecular weight is 468 g/mol. The fourth-order valence-electron chi connectivity index (χ4n) is 4.80. The lowest BCUT2D eigenvalue weighted by molar-refractivity contribution is -0.126. The van der Waals surface area contributed by atoms with E-state index in [0.717, 1.165) is 21.7 Å². The molecule has 1 unspecified atom stereocenters. The van der Waals surface area contributed by atoms with Gasteiger partial charge in [0.15, 0.2) is 0 Å². The smallest absolute Gasteiger partial charge is 0.259 e. The molecule has 35 heavy (non-hydrogen) atoms. The quantitative estimate of drug-likeness (QED) is 0.514. The maximum Gasteiger partial charge on any atom is 0.259 e. The molecule has 1 heterocycles. The molecule has 0 saturated carbocycles. The number of hydrogen-bond acceptors (Lipinski definition) is 4. The van der Waals surface area contributed by atoms with E-state index in [1.807, 2.05) is 37.3 Å². The van der Waals surface area contributed by atoms with E-state index >= 15 is 0 Å². The Morgan fingerprint density at radius 3 is 2.60 bits per heavy atom. The Balaban J connectivity index is 1.46. The van der Waals surface area contributed by atoms with Crippen LogP contribution >= 0.6 is 0 Å². The lowest BCUT2D eigenvalue weighted by Crippen LogP contribution is -2.47. The third kappa shape index (κ3) is 4.17. The van der Waals surface area contributed by atoms with Crippen LogP contribution in [0.25, 0.3) is 11.8 Å². The van der Waals surface area contributed by atoms with Crippen LogP contribution < -0.4 is 26.0 Å². The van der Waals surface area contributed by atoms with Crippen LogP contribution in [-0.4, -0.2) is 28.9 Å². The number of nitrogens with one attached hydrogen (secondary N) is 2. The van der Waals surface area contributed by atoms with Crippen molar-refractivity contribution in [2.75, 3.05) is 10.2 Å². The Morgan fingerprint density at radius 1 is 1.06 bits per heavy atom. The first-order valence-electron chi connectivity index (χ1n) is 11.6. The van der Waals surface area contributed by atoms with Gasteiger partial charge in [-0.2, -0.15) is 0 Å². The summed E-state index contributed by atoms with van der Waals surface area (Å²) in [5.74, 6) is -1.08. The molecule has 1 aliphatic carbocycles. The standard InChI is InChI=1S/C28H25N3O4/c1-2-17-7-5-9-23(32)26(17)28(35)29-19-11-13-20(14-12-19)31-22-15-10-18-6-3-4-8-21(18)27(22)30-24(33)16-25(31)34/h3-14,22,32H,2,15-16H2,1H3,(H,29,35)(H,30,33). The highest BCUT2D eigenvalue weighted by molar-refractivity contribution is 6.10. The first kappa shape index (κ1) is 22.4. The van der Waals surface area contributed by atoms with Gasteiger partial charge in [-0.1, -0.05) is 49.4 Å². The summed E-state index contributed by atoms with van der Waals surface area (Å²) in [5.41, 5.74) is 2.90. The van der Waals surface area contributed by atoms with Crippen LogP contribution in [0.5, 0.6) is 5.75 Å². The second-order valence-corrected chi connectivity index (χ2v) is 8.61. The van der Waals surface area contributed by atoms with Crippen molar-refractivity contribution in [3.05, 3.63) is 88.3 Å². The molecule has 0 spiro atoms. The number of fused-ring (bicyclic) bond motifs is 2. The highest BCUT2D eigenvalue weighted by atomic mass is 16.3. The van der Waals surface area contributed by atoms with E-state index in [2.05, 4.69) is 16.7 Å². The number of aromatic hydroxyl groups is 1. The van der Waals surface area contributed by atoms with E-state index in [0.29, 0.717) is 24.2 Å². The van der Waals surface area contributed by atoms with Crippen LogP contribution in [0, 0.1) is 0 Å². The minimum absolute atomic E-state index is 0.0669. The predicted octanol–water partition coefficient (Wildman–Crippen LogP) is 2.42. The van der Waals surface area contributed by atoms with Crippen LogP contribution in [0.1, 0.15) is 35.7 Å². The zero-order chi connectivity index (χ0) is 24.5. The Kier molecular flexibility index (Phi) is 5.82. The summed E-state index contributed by atoms with van der Waals surface area (Å²) in [5, 5.41) is 17.9. The summed E-state index contributed by atoms with van der Waals surface area (Å²) < 4.78 is 0. The van der Waals surface area contributed by atoms with Crippen LogP contribution in [0.3, 0.4) is 0 Å². The van der Waals surface area contributed by atoms with Gasteiger partial charge in [-0.25, -0.2) is 0 Å². The summed E-state index contributed by atoms with van der Waals surface area (Å²) in [6.07, 6.45) is 3.02. The van der Waals surface area contributed by atoms with E-state index in [1.54, 1.807) is 35.2 Å². The van der Waals surface area contributed by atoms with E-state index in [4.69, 9.17) is 0 Å². The van der Waals surface area contributed by atoms with Crippen molar-refractivity contribution in [1.82, 2.24) is 5.32 Å². The topological polar surface area (TPSA) is 98.7 Å². The van der Waals surface area contributed by atoms with Crippen molar-refractivity contribution in [3.63, 3.8) is 0 Å². The number of amides is 3. The summed E-state index contributed by atoms with van der Waals surface area (Å²) in [7, 11) is 0. The van der Waals surface area contributed by atoms with Gasteiger partial charge in [0.25, 0.3) is 5.91 Å². The molecule has 3 aromatic carbocycles. The van der Waals surface area contributed by atoms with Crippen LogP contribution in [0.2, 0.25) is 0 Å². The van der Waals surface area contributed by atoms with Crippen LogP contribution in [0.15, 0.2) is 66.7 Å².